The largest absolute Gasteiger partial charge is 0.356 e. The molecule has 0 aromatic heterocycles. The van der Waals surface area contributed by atoms with Crippen LogP contribution in [-0.2, 0) is 0 Å². The van der Waals surface area contributed by atoms with Crippen LogP contribution in [0.4, 0.5) is 0 Å². The number of nitrogens with one attached hydrogen (secondary N) is 3. The quantitative estimate of drug-likeness (QED) is 0.556. The third kappa shape index (κ3) is 3.24. The van der Waals surface area contributed by atoms with Crippen LogP contribution in [0.25, 0.3) is 0 Å². The summed E-state index contributed by atoms with van der Waals surface area (Å²) in [6.07, 6.45) is 7.83. The lowest BCUT2D eigenvalue weighted by atomic mass is 9.53. The second-order valence-electron chi connectivity index (χ2n) is 7.74. The van der Waals surface area contributed by atoms with Crippen LogP contribution in [0.15, 0.2) is 24.3 Å². The SMILES string of the molecule is O=C(NNC(=S)NC12CC3CC(CC(C3)C1)C2)c1ccc(Cl)cc1. The Bertz CT molecular complexity index is 625. The van der Waals surface area contributed by atoms with Crippen LogP contribution < -0.4 is 16.2 Å². The first-order valence-corrected chi connectivity index (χ1v) is 9.44. The minimum absolute atomic E-state index is 0.143. The molecule has 0 radical (unpaired) electrons. The fourth-order valence-corrected chi connectivity index (χ4v) is 5.72. The first-order valence-electron chi connectivity index (χ1n) is 8.65. The minimum atomic E-state index is -0.221. The molecule has 4 aliphatic rings. The van der Waals surface area contributed by atoms with Gasteiger partial charge in [0, 0.05) is 16.1 Å². The second-order valence-corrected chi connectivity index (χ2v) is 8.58. The fraction of sp³-hybridized carbons (Fsp3) is 0.556. The van der Waals surface area contributed by atoms with Crippen molar-refractivity contribution in [1.82, 2.24) is 16.2 Å². The molecule has 1 aromatic rings. The third-order valence-electron chi connectivity index (χ3n) is 5.81. The lowest BCUT2D eigenvalue weighted by Crippen LogP contribution is -2.62. The predicted molar refractivity (Wildman–Crippen MR) is 98.7 cm³/mol. The standard InChI is InChI=1S/C18H22ClN3OS/c19-15-3-1-14(2-4-15)16(23)21-22-17(24)20-18-8-11-5-12(9-18)7-13(6-11)10-18/h1-4,11-13H,5-10H2,(H,21,23)(H2,20,22,24). The second kappa shape index (κ2) is 6.19. The summed E-state index contributed by atoms with van der Waals surface area (Å²) in [6.45, 7) is 0. The summed E-state index contributed by atoms with van der Waals surface area (Å²) in [5.41, 5.74) is 6.21. The maximum absolute atomic E-state index is 12.1. The van der Waals surface area contributed by atoms with Crippen molar-refractivity contribution in [3.63, 3.8) is 0 Å². The highest BCUT2D eigenvalue weighted by Gasteiger charge is 2.51. The van der Waals surface area contributed by atoms with Crippen molar-refractivity contribution in [1.29, 1.82) is 0 Å². The van der Waals surface area contributed by atoms with E-state index in [1.807, 2.05) is 0 Å². The van der Waals surface area contributed by atoms with Gasteiger partial charge in [0.05, 0.1) is 0 Å². The number of hydrogen-bond donors (Lipinski definition) is 3. The van der Waals surface area contributed by atoms with Crippen LogP contribution in [0.5, 0.6) is 0 Å². The van der Waals surface area contributed by atoms with Gasteiger partial charge in [0.15, 0.2) is 5.11 Å². The summed E-state index contributed by atoms with van der Waals surface area (Å²) in [6, 6.07) is 6.77. The van der Waals surface area contributed by atoms with Crippen molar-refractivity contribution in [2.75, 3.05) is 0 Å². The number of rotatable bonds is 2. The summed E-state index contributed by atoms with van der Waals surface area (Å²) in [5.74, 6) is 2.35. The molecule has 4 fully saturated rings. The Morgan fingerprint density at radius 3 is 2.08 bits per heavy atom. The number of amides is 1. The Kier molecular flexibility index (Phi) is 4.17. The molecule has 128 valence electrons. The van der Waals surface area contributed by atoms with Crippen molar-refractivity contribution >= 4 is 34.8 Å². The molecule has 4 aliphatic carbocycles. The molecule has 24 heavy (non-hydrogen) atoms. The van der Waals surface area contributed by atoms with Gasteiger partial charge in [-0.25, -0.2) is 0 Å². The van der Waals surface area contributed by atoms with Crippen molar-refractivity contribution in [2.45, 2.75) is 44.1 Å². The average molecular weight is 364 g/mol. The van der Waals surface area contributed by atoms with Crippen LogP contribution in [0, 0.1) is 17.8 Å². The van der Waals surface area contributed by atoms with Gasteiger partial charge in [-0.05, 0) is 92.8 Å². The van der Waals surface area contributed by atoms with E-state index in [9.17, 15) is 4.79 Å². The Hall–Kier alpha value is -1.33. The van der Waals surface area contributed by atoms with E-state index in [-0.39, 0.29) is 11.4 Å². The Labute approximate surface area is 152 Å². The molecule has 6 heteroatoms. The summed E-state index contributed by atoms with van der Waals surface area (Å²) in [5, 5.41) is 4.65. The molecule has 0 atom stereocenters. The van der Waals surface area contributed by atoms with Crippen LogP contribution in [0.2, 0.25) is 5.02 Å². The molecule has 5 rings (SSSR count). The zero-order valence-electron chi connectivity index (χ0n) is 13.5. The van der Waals surface area contributed by atoms with E-state index < -0.39 is 0 Å². The first kappa shape index (κ1) is 16.2. The number of benzene rings is 1. The van der Waals surface area contributed by atoms with Gasteiger partial charge < -0.3 is 5.32 Å². The zero-order chi connectivity index (χ0) is 16.7. The molecule has 4 nitrogen and oxygen atoms in total. The van der Waals surface area contributed by atoms with Gasteiger partial charge in [0.25, 0.3) is 5.91 Å². The van der Waals surface area contributed by atoms with E-state index in [1.165, 1.54) is 38.5 Å². The Morgan fingerprint density at radius 2 is 1.54 bits per heavy atom. The van der Waals surface area contributed by atoms with Gasteiger partial charge in [-0.15, -0.1) is 0 Å². The van der Waals surface area contributed by atoms with Gasteiger partial charge in [0.1, 0.15) is 0 Å². The predicted octanol–water partition coefficient (Wildman–Crippen LogP) is 3.42. The highest BCUT2D eigenvalue weighted by molar-refractivity contribution is 7.80. The monoisotopic (exact) mass is 363 g/mol. The third-order valence-corrected chi connectivity index (χ3v) is 6.27. The summed E-state index contributed by atoms with van der Waals surface area (Å²) >= 11 is 11.3. The number of carbonyl (C=O) groups is 1. The number of hydrazine groups is 1. The van der Waals surface area contributed by atoms with Crippen LogP contribution in [0.3, 0.4) is 0 Å². The zero-order valence-corrected chi connectivity index (χ0v) is 15.1. The van der Waals surface area contributed by atoms with Crippen molar-refractivity contribution in [2.24, 2.45) is 17.8 Å². The first-order chi connectivity index (χ1) is 11.5. The maximum atomic E-state index is 12.1. The van der Waals surface area contributed by atoms with Gasteiger partial charge in [-0.3, -0.25) is 15.6 Å². The molecule has 0 saturated heterocycles. The van der Waals surface area contributed by atoms with Gasteiger partial charge in [-0.1, -0.05) is 11.6 Å². The number of hydrogen-bond acceptors (Lipinski definition) is 2. The molecular weight excluding hydrogens is 342 g/mol. The Morgan fingerprint density at radius 1 is 1.00 bits per heavy atom. The molecule has 4 bridgehead atoms. The molecule has 1 aromatic carbocycles. The van der Waals surface area contributed by atoms with Gasteiger partial charge in [0.2, 0.25) is 0 Å². The van der Waals surface area contributed by atoms with E-state index in [0.717, 1.165) is 17.8 Å². The van der Waals surface area contributed by atoms with Crippen molar-refractivity contribution < 1.29 is 4.79 Å². The normalized spacial score (nSPS) is 33.1. The summed E-state index contributed by atoms with van der Waals surface area (Å²) < 4.78 is 0. The van der Waals surface area contributed by atoms with Crippen LogP contribution in [-0.4, -0.2) is 16.6 Å². The van der Waals surface area contributed by atoms with Crippen molar-refractivity contribution in [3.8, 4) is 0 Å². The minimum Gasteiger partial charge on any atom is -0.356 e. The molecule has 4 saturated carbocycles. The molecule has 0 unspecified atom stereocenters. The maximum Gasteiger partial charge on any atom is 0.269 e. The Balaban J connectivity index is 1.32. The molecule has 3 N–H and O–H groups in total. The lowest BCUT2D eigenvalue weighted by Gasteiger charge is -2.57. The van der Waals surface area contributed by atoms with E-state index in [2.05, 4.69) is 16.2 Å². The highest BCUT2D eigenvalue weighted by atomic mass is 35.5. The van der Waals surface area contributed by atoms with Crippen LogP contribution >= 0.6 is 23.8 Å². The van der Waals surface area contributed by atoms with E-state index in [0.29, 0.717) is 15.7 Å². The van der Waals surface area contributed by atoms with E-state index >= 15 is 0 Å². The van der Waals surface area contributed by atoms with E-state index in [1.54, 1.807) is 24.3 Å². The number of carbonyl (C=O) groups excluding carboxylic acids is 1. The molecular formula is C18H22ClN3OS. The summed E-state index contributed by atoms with van der Waals surface area (Å²) in [7, 11) is 0. The lowest BCUT2D eigenvalue weighted by molar-refractivity contribution is -0.0102. The summed E-state index contributed by atoms with van der Waals surface area (Å²) in [4.78, 5) is 12.1. The number of halogens is 1. The highest BCUT2D eigenvalue weighted by Crippen LogP contribution is 2.55. The van der Waals surface area contributed by atoms with Crippen molar-refractivity contribution in [3.05, 3.63) is 34.9 Å². The van der Waals surface area contributed by atoms with Gasteiger partial charge in [-0.2, -0.15) is 0 Å². The topological polar surface area (TPSA) is 53.2 Å². The van der Waals surface area contributed by atoms with Gasteiger partial charge >= 0.3 is 0 Å². The molecule has 0 spiro atoms. The molecule has 0 heterocycles. The smallest absolute Gasteiger partial charge is 0.269 e. The number of thiocarbonyl (C=S) groups is 1. The molecule has 1 amide bonds. The molecule has 0 aliphatic heterocycles. The van der Waals surface area contributed by atoms with Crippen LogP contribution in [0.1, 0.15) is 48.9 Å². The average Bonchev–Trinajstić information content (AvgIpc) is 2.51. The van der Waals surface area contributed by atoms with E-state index in [4.69, 9.17) is 23.8 Å². The fourth-order valence-electron chi connectivity index (χ4n) is 5.32.